The molecule has 0 aliphatic heterocycles. The summed E-state index contributed by atoms with van der Waals surface area (Å²) in [7, 11) is 0. The van der Waals surface area contributed by atoms with E-state index in [0.29, 0.717) is 31.5 Å². The maximum atomic E-state index is 13.2. The Morgan fingerprint density at radius 3 is 2.86 bits per heavy atom. The van der Waals surface area contributed by atoms with E-state index >= 15 is 0 Å². The molecule has 0 saturated carbocycles. The van der Waals surface area contributed by atoms with Crippen LogP contribution in [-0.2, 0) is 11.2 Å². The van der Waals surface area contributed by atoms with Gasteiger partial charge in [0.25, 0.3) is 5.91 Å². The number of benzene rings is 1. The van der Waals surface area contributed by atoms with Crippen molar-refractivity contribution >= 4 is 61.3 Å². The SMILES string of the molecule is Nc1ncnc2scc(C(=O)Nc3ncc(CC(=O)Nc4cccc(F)c4)s3)c12. The van der Waals surface area contributed by atoms with Crippen LogP contribution in [0.25, 0.3) is 10.2 Å². The number of nitrogen functional groups attached to an aromatic ring is 1. The fourth-order valence-corrected chi connectivity index (χ4v) is 4.31. The van der Waals surface area contributed by atoms with Gasteiger partial charge in [-0.25, -0.2) is 19.3 Å². The fourth-order valence-electron chi connectivity index (χ4n) is 2.61. The van der Waals surface area contributed by atoms with Crippen molar-refractivity contribution in [2.24, 2.45) is 0 Å². The van der Waals surface area contributed by atoms with Crippen LogP contribution < -0.4 is 16.4 Å². The molecule has 0 saturated heterocycles. The van der Waals surface area contributed by atoms with E-state index in [4.69, 9.17) is 5.73 Å². The molecule has 0 atom stereocenters. The summed E-state index contributed by atoms with van der Waals surface area (Å²) in [6, 6.07) is 5.64. The average molecular weight is 428 g/mol. The number of anilines is 3. The number of aromatic nitrogens is 3. The number of thiophene rings is 1. The third kappa shape index (κ3) is 4.20. The smallest absolute Gasteiger partial charge is 0.259 e. The van der Waals surface area contributed by atoms with Crippen molar-refractivity contribution in [1.82, 2.24) is 15.0 Å². The number of nitrogens with two attached hydrogens (primary N) is 1. The summed E-state index contributed by atoms with van der Waals surface area (Å²) in [5.41, 5.74) is 6.60. The van der Waals surface area contributed by atoms with Crippen LogP contribution >= 0.6 is 22.7 Å². The molecule has 0 fully saturated rings. The van der Waals surface area contributed by atoms with Gasteiger partial charge in [-0.15, -0.1) is 22.7 Å². The molecule has 0 radical (unpaired) electrons. The number of hydrogen-bond donors (Lipinski definition) is 3. The molecule has 0 unspecified atom stereocenters. The fraction of sp³-hybridized carbons (Fsp3) is 0.0556. The number of rotatable bonds is 5. The van der Waals surface area contributed by atoms with Crippen LogP contribution in [0.3, 0.4) is 0 Å². The molecule has 1 aromatic carbocycles. The average Bonchev–Trinajstić information content (AvgIpc) is 3.29. The molecular formula is C18H13FN6O2S2. The summed E-state index contributed by atoms with van der Waals surface area (Å²) in [6.07, 6.45) is 2.90. The molecular weight excluding hydrogens is 415 g/mol. The van der Waals surface area contributed by atoms with Crippen molar-refractivity contribution in [3.8, 4) is 0 Å². The first-order valence-corrected chi connectivity index (χ1v) is 9.98. The van der Waals surface area contributed by atoms with Gasteiger partial charge in [0.2, 0.25) is 5.91 Å². The molecule has 0 aliphatic carbocycles. The zero-order chi connectivity index (χ0) is 20.4. The topological polar surface area (TPSA) is 123 Å². The molecule has 0 spiro atoms. The van der Waals surface area contributed by atoms with E-state index in [2.05, 4.69) is 25.6 Å². The maximum Gasteiger partial charge on any atom is 0.259 e. The van der Waals surface area contributed by atoms with Crippen molar-refractivity contribution in [2.45, 2.75) is 6.42 Å². The Kier molecular flexibility index (Phi) is 5.14. The standard InChI is InChI=1S/C18H13FN6O2S2/c19-9-2-1-3-10(4-9)24-13(26)5-11-6-21-18(29-11)25-16(27)12-7-28-17-14(12)15(20)22-8-23-17/h1-4,6-8H,5H2,(H,24,26)(H2,20,22,23)(H,21,25,27). The van der Waals surface area contributed by atoms with E-state index in [-0.39, 0.29) is 24.1 Å². The van der Waals surface area contributed by atoms with E-state index in [0.717, 1.165) is 0 Å². The summed E-state index contributed by atoms with van der Waals surface area (Å²) in [5.74, 6) is -0.901. The molecule has 8 nitrogen and oxygen atoms in total. The first-order chi connectivity index (χ1) is 14.0. The second-order valence-corrected chi connectivity index (χ2v) is 7.88. The molecule has 4 N–H and O–H groups in total. The van der Waals surface area contributed by atoms with Gasteiger partial charge in [-0.3, -0.25) is 14.9 Å². The van der Waals surface area contributed by atoms with Crippen LogP contribution in [0, 0.1) is 5.82 Å². The van der Waals surface area contributed by atoms with Gasteiger partial charge in [-0.2, -0.15) is 0 Å². The molecule has 3 heterocycles. The molecule has 4 aromatic rings. The van der Waals surface area contributed by atoms with Gasteiger partial charge in [0.15, 0.2) is 5.13 Å². The zero-order valence-electron chi connectivity index (χ0n) is 14.7. The predicted octanol–water partition coefficient (Wildman–Crippen LogP) is 3.30. The second-order valence-electron chi connectivity index (χ2n) is 5.91. The Morgan fingerprint density at radius 1 is 1.17 bits per heavy atom. The summed E-state index contributed by atoms with van der Waals surface area (Å²) in [6.45, 7) is 0. The van der Waals surface area contributed by atoms with Gasteiger partial charge in [0.1, 0.15) is 22.8 Å². The second kappa shape index (κ2) is 7.89. The quantitative estimate of drug-likeness (QED) is 0.448. The van der Waals surface area contributed by atoms with Gasteiger partial charge < -0.3 is 11.1 Å². The minimum atomic E-state index is -0.433. The Bertz CT molecular complexity index is 1220. The Hall–Kier alpha value is -3.44. The summed E-state index contributed by atoms with van der Waals surface area (Å²) < 4.78 is 13.2. The largest absolute Gasteiger partial charge is 0.383 e. The van der Waals surface area contributed by atoms with Crippen molar-refractivity contribution in [1.29, 1.82) is 0 Å². The van der Waals surface area contributed by atoms with Crippen LogP contribution in [0.1, 0.15) is 15.2 Å². The number of halogens is 1. The van der Waals surface area contributed by atoms with Gasteiger partial charge in [0.05, 0.1) is 17.4 Å². The molecule has 146 valence electrons. The van der Waals surface area contributed by atoms with E-state index in [9.17, 15) is 14.0 Å². The van der Waals surface area contributed by atoms with Gasteiger partial charge in [-0.1, -0.05) is 6.07 Å². The van der Waals surface area contributed by atoms with Crippen LogP contribution in [0.2, 0.25) is 0 Å². The van der Waals surface area contributed by atoms with Crippen molar-refractivity contribution < 1.29 is 14.0 Å². The lowest BCUT2D eigenvalue weighted by Crippen LogP contribution is -2.13. The highest BCUT2D eigenvalue weighted by Gasteiger charge is 2.17. The van der Waals surface area contributed by atoms with Crippen molar-refractivity contribution in [3.05, 3.63) is 58.4 Å². The maximum absolute atomic E-state index is 13.2. The van der Waals surface area contributed by atoms with Crippen LogP contribution in [-0.4, -0.2) is 26.8 Å². The molecule has 29 heavy (non-hydrogen) atoms. The monoisotopic (exact) mass is 428 g/mol. The molecule has 4 rings (SSSR count). The van der Waals surface area contributed by atoms with E-state index in [1.165, 1.54) is 53.4 Å². The third-order valence-corrected chi connectivity index (χ3v) is 5.66. The van der Waals surface area contributed by atoms with Gasteiger partial charge in [-0.05, 0) is 18.2 Å². The first-order valence-electron chi connectivity index (χ1n) is 8.29. The molecule has 0 aliphatic rings. The van der Waals surface area contributed by atoms with Crippen LogP contribution in [0.15, 0.2) is 42.2 Å². The lowest BCUT2D eigenvalue weighted by Gasteiger charge is -2.03. The number of carbonyl (C=O) groups excluding carboxylic acids is 2. The van der Waals surface area contributed by atoms with Crippen LogP contribution in [0.5, 0.6) is 0 Å². The highest BCUT2D eigenvalue weighted by molar-refractivity contribution is 7.17. The van der Waals surface area contributed by atoms with E-state index in [1.54, 1.807) is 11.4 Å². The van der Waals surface area contributed by atoms with E-state index < -0.39 is 5.82 Å². The lowest BCUT2D eigenvalue weighted by molar-refractivity contribution is -0.115. The Labute approximate surface area is 171 Å². The Balaban J connectivity index is 1.42. The number of nitrogens with zero attached hydrogens (tertiary/aromatic N) is 3. The number of hydrogen-bond acceptors (Lipinski definition) is 8. The van der Waals surface area contributed by atoms with E-state index in [1.807, 2.05) is 0 Å². The highest BCUT2D eigenvalue weighted by Crippen LogP contribution is 2.29. The molecule has 3 aromatic heterocycles. The lowest BCUT2D eigenvalue weighted by atomic mass is 10.2. The first kappa shape index (κ1) is 18.9. The Morgan fingerprint density at radius 2 is 2.03 bits per heavy atom. The zero-order valence-corrected chi connectivity index (χ0v) is 16.3. The summed E-state index contributed by atoms with van der Waals surface area (Å²) >= 11 is 2.47. The third-order valence-electron chi connectivity index (χ3n) is 3.86. The van der Waals surface area contributed by atoms with Crippen molar-refractivity contribution in [2.75, 3.05) is 16.4 Å². The van der Waals surface area contributed by atoms with Gasteiger partial charge >= 0.3 is 0 Å². The molecule has 0 bridgehead atoms. The number of fused-ring (bicyclic) bond motifs is 1. The van der Waals surface area contributed by atoms with Crippen molar-refractivity contribution in [3.63, 3.8) is 0 Å². The number of thiazole rings is 1. The number of carbonyl (C=O) groups is 2. The predicted molar refractivity (Wildman–Crippen MR) is 111 cm³/mol. The highest BCUT2D eigenvalue weighted by atomic mass is 32.1. The minimum Gasteiger partial charge on any atom is -0.383 e. The van der Waals surface area contributed by atoms with Crippen LogP contribution in [0.4, 0.5) is 21.0 Å². The minimum absolute atomic E-state index is 0.0478. The normalized spacial score (nSPS) is 10.8. The number of amides is 2. The molecule has 11 heteroatoms. The number of nitrogens with one attached hydrogen (secondary N) is 2. The van der Waals surface area contributed by atoms with Gasteiger partial charge in [0, 0.05) is 22.1 Å². The summed E-state index contributed by atoms with van der Waals surface area (Å²) in [4.78, 5) is 38.1. The molecule has 2 amide bonds. The summed E-state index contributed by atoms with van der Waals surface area (Å²) in [5, 5.41) is 7.82.